The molecule has 1 atom stereocenters. The molecule has 7 nitrogen and oxygen atoms in total. The summed E-state index contributed by atoms with van der Waals surface area (Å²) in [4.78, 5) is 31.0. The van der Waals surface area contributed by atoms with Crippen LogP contribution in [0.15, 0.2) is 23.1 Å². The second kappa shape index (κ2) is 6.67. The molecule has 3 rings (SSSR count). The zero-order valence-electron chi connectivity index (χ0n) is 14.5. The Morgan fingerprint density at radius 2 is 2.25 bits per heavy atom. The summed E-state index contributed by atoms with van der Waals surface area (Å²) in [7, 11) is 1.76. The van der Waals surface area contributed by atoms with Crippen molar-refractivity contribution in [2.45, 2.75) is 32.7 Å². The average Bonchev–Trinajstić information content (AvgIpc) is 3.12. The Labute approximate surface area is 141 Å². The molecule has 1 N–H and O–H groups in total. The predicted molar refractivity (Wildman–Crippen MR) is 93.1 cm³/mol. The second-order valence-corrected chi connectivity index (χ2v) is 6.86. The first-order chi connectivity index (χ1) is 11.5. The first-order valence-corrected chi connectivity index (χ1v) is 8.53. The maximum absolute atomic E-state index is 12.6. The number of urea groups is 1. The number of hydrogen-bond donors (Lipinski definition) is 1. The van der Waals surface area contributed by atoms with E-state index >= 15 is 0 Å². The Hall–Kier alpha value is -2.31. The van der Waals surface area contributed by atoms with E-state index in [9.17, 15) is 9.59 Å². The van der Waals surface area contributed by atoms with Crippen LogP contribution in [-0.2, 0) is 7.05 Å². The molecule has 0 spiro atoms. The first-order valence-electron chi connectivity index (χ1n) is 8.53. The number of carbonyl (C=O) groups excluding carboxylic acids is 1. The maximum atomic E-state index is 12.6. The van der Waals surface area contributed by atoms with E-state index in [-0.39, 0.29) is 17.8 Å². The lowest BCUT2D eigenvalue weighted by Gasteiger charge is -2.18. The minimum absolute atomic E-state index is 0.0213. The predicted octanol–water partition coefficient (Wildman–Crippen LogP) is 1.74. The quantitative estimate of drug-likeness (QED) is 0.927. The third-order valence-electron chi connectivity index (χ3n) is 4.66. The Morgan fingerprint density at radius 1 is 1.46 bits per heavy atom. The van der Waals surface area contributed by atoms with E-state index < -0.39 is 0 Å². The molecule has 0 aliphatic carbocycles. The fourth-order valence-electron chi connectivity index (χ4n) is 3.24. The number of amides is 2. The molecule has 1 saturated heterocycles. The van der Waals surface area contributed by atoms with Gasteiger partial charge in [-0.1, -0.05) is 13.8 Å². The Kier molecular flexibility index (Phi) is 4.59. The van der Waals surface area contributed by atoms with Crippen molar-refractivity contribution >= 4 is 17.2 Å². The van der Waals surface area contributed by atoms with E-state index in [2.05, 4.69) is 24.1 Å². The third-order valence-corrected chi connectivity index (χ3v) is 4.66. The van der Waals surface area contributed by atoms with Crippen molar-refractivity contribution < 1.29 is 4.79 Å². The monoisotopic (exact) mass is 331 g/mol. The van der Waals surface area contributed by atoms with Crippen LogP contribution in [0, 0.1) is 5.92 Å². The van der Waals surface area contributed by atoms with Gasteiger partial charge in [0.05, 0.1) is 11.6 Å². The summed E-state index contributed by atoms with van der Waals surface area (Å²) < 4.78 is 3.35. The van der Waals surface area contributed by atoms with E-state index in [1.54, 1.807) is 27.3 Å². The summed E-state index contributed by atoms with van der Waals surface area (Å²) in [6.45, 7) is 6.17. The highest BCUT2D eigenvalue weighted by molar-refractivity contribution is 5.75. The van der Waals surface area contributed by atoms with Crippen molar-refractivity contribution in [3.63, 3.8) is 0 Å². The average molecular weight is 331 g/mol. The Balaban J connectivity index is 1.74. The van der Waals surface area contributed by atoms with Crippen molar-refractivity contribution in [1.82, 2.24) is 24.3 Å². The summed E-state index contributed by atoms with van der Waals surface area (Å²) in [6, 6.07) is 3.66. The highest BCUT2D eigenvalue weighted by Gasteiger charge is 2.30. The number of carbonyl (C=O) groups is 1. The Bertz CT molecular complexity index is 792. The van der Waals surface area contributed by atoms with E-state index in [0.29, 0.717) is 31.2 Å². The van der Waals surface area contributed by atoms with Gasteiger partial charge in [-0.2, -0.15) is 0 Å². The number of fused-ring (bicyclic) bond motifs is 1. The van der Waals surface area contributed by atoms with Crippen molar-refractivity contribution in [2.75, 3.05) is 19.6 Å². The number of pyridine rings is 1. The summed E-state index contributed by atoms with van der Waals surface area (Å²) in [5.41, 5.74) is 1.44. The molecule has 3 heterocycles. The van der Waals surface area contributed by atoms with E-state index in [1.165, 1.54) is 0 Å². The highest BCUT2D eigenvalue weighted by atomic mass is 16.2. The highest BCUT2D eigenvalue weighted by Crippen LogP contribution is 2.23. The molecule has 1 aliphatic heterocycles. The summed E-state index contributed by atoms with van der Waals surface area (Å²) in [5.74, 6) is 0.567. The van der Waals surface area contributed by atoms with Crippen LogP contribution in [0.2, 0.25) is 0 Å². The van der Waals surface area contributed by atoms with E-state index in [4.69, 9.17) is 0 Å². The summed E-state index contributed by atoms with van der Waals surface area (Å²) in [6.07, 6.45) is 3.44. The molecule has 24 heavy (non-hydrogen) atoms. The van der Waals surface area contributed by atoms with Crippen LogP contribution in [0.5, 0.6) is 0 Å². The van der Waals surface area contributed by atoms with Crippen LogP contribution >= 0.6 is 0 Å². The van der Waals surface area contributed by atoms with Gasteiger partial charge >= 0.3 is 11.7 Å². The fourth-order valence-corrected chi connectivity index (χ4v) is 3.24. The van der Waals surface area contributed by atoms with Crippen LogP contribution in [0.3, 0.4) is 0 Å². The lowest BCUT2D eigenvalue weighted by molar-refractivity contribution is 0.206. The number of imidazole rings is 1. The molecule has 1 fully saturated rings. The molecule has 7 heteroatoms. The number of nitrogens with zero attached hydrogens (tertiary/aromatic N) is 4. The number of aryl methyl sites for hydroxylation is 1. The van der Waals surface area contributed by atoms with Crippen molar-refractivity contribution in [1.29, 1.82) is 0 Å². The van der Waals surface area contributed by atoms with Gasteiger partial charge in [-0.15, -0.1) is 0 Å². The van der Waals surface area contributed by atoms with Gasteiger partial charge in [0.1, 0.15) is 0 Å². The standard InChI is InChI=1S/C17H25N5O2/c1-12(2)6-9-19-16(23)21-10-7-13(11-21)22-15-14(5-4-8-18-15)20(3)17(22)24/h4-5,8,12-13H,6-7,9-11H2,1-3H3,(H,19,23)/t13-/m1/s1. The zero-order valence-corrected chi connectivity index (χ0v) is 14.5. The zero-order chi connectivity index (χ0) is 17.3. The first kappa shape index (κ1) is 16.5. The number of likely N-dealkylation sites (tertiary alicyclic amines) is 1. The molecular formula is C17H25N5O2. The minimum Gasteiger partial charge on any atom is -0.338 e. The van der Waals surface area contributed by atoms with Crippen LogP contribution in [0.25, 0.3) is 11.2 Å². The van der Waals surface area contributed by atoms with E-state index in [0.717, 1.165) is 18.4 Å². The molecule has 2 aromatic heterocycles. The van der Waals surface area contributed by atoms with Crippen LogP contribution in [0.4, 0.5) is 4.79 Å². The fraction of sp³-hybridized carbons (Fsp3) is 0.588. The number of nitrogens with one attached hydrogen (secondary N) is 1. The molecule has 0 bridgehead atoms. The van der Waals surface area contributed by atoms with Gasteiger partial charge in [0.15, 0.2) is 5.65 Å². The number of rotatable bonds is 4. The second-order valence-electron chi connectivity index (χ2n) is 6.86. The van der Waals surface area contributed by atoms with E-state index in [1.807, 2.05) is 12.1 Å². The molecule has 1 aliphatic rings. The lowest BCUT2D eigenvalue weighted by Crippen LogP contribution is -2.39. The smallest absolute Gasteiger partial charge is 0.330 e. The van der Waals surface area contributed by atoms with Crippen molar-refractivity contribution in [2.24, 2.45) is 13.0 Å². The topological polar surface area (TPSA) is 72.2 Å². The van der Waals surface area contributed by atoms with Crippen LogP contribution < -0.4 is 11.0 Å². The molecule has 2 aromatic rings. The molecule has 0 unspecified atom stereocenters. The van der Waals surface area contributed by atoms with Gasteiger partial charge in [-0.3, -0.25) is 9.13 Å². The third kappa shape index (κ3) is 3.02. The van der Waals surface area contributed by atoms with Gasteiger partial charge in [0.25, 0.3) is 0 Å². The molecule has 2 amide bonds. The maximum Gasteiger partial charge on any atom is 0.330 e. The lowest BCUT2D eigenvalue weighted by atomic mass is 10.1. The van der Waals surface area contributed by atoms with Gasteiger partial charge in [-0.25, -0.2) is 14.6 Å². The molecule has 130 valence electrons. The van der Waals surface area contributed by atoms with Crippen molar-refractivity contribution in [3.8, 4) is 0 Å². The molecule has 0 radical (unpaired) electrons. The van der Waals surface area contributed by atoms with Gasteiger partial charge in [-0.05, 0) is 30.9 Å². The summed E-state index contributed by atoms with van der Waals surface area (Å²) in [5, 5.41) is 2.96. The Morgan fingerprint density at radius 3 is 3.00 bits per heavy atom. The molecule has 0 saturated carbocycles. The number of aromatic nitrogens is 3. The van der Waals surface area contributed by atoms with Crippen LogP contribution in [0.1, 0.15) is 32.7 Å². The largest absolute Gasteiger partial charge is 0.338 e. The van der Waals surface area contributed by atoms with Gasteiger partial charge in [0, 0.05) is 32.9 Å². The molecular weight excluding hydrogens is 306 g/mol. The SMILES string of the molecule is CC(C)CCNC(=O)N1CC[C@@H](n2c(=O)n(C)c3cccnc32)C1. The number of hydrogen-bond acceptors (Lipinski definition) is 3. The molecule has 0 aromatic carbocycles. The van der Waals surface area contributed by atoms with Gasteiger partial charge in [0.2, 0.25) is 0 Å². The van der Waals surface area contributed by atoms with Crippen LogP contribution in [-0.4, -0.2) is 44.7 Å². The normalized spacial score (nSPS) is 17.8. The minimum atomic E-state index is -0.0734. The van der Waals surface area contributed by atoms with Crippen molar-refractivity contribution in [3.05, 3.63) is 28.8 Å². The van der Waals surface area contributed by atoms with Gasteiger partial charge < -0.3 is 10.2 Å². The summed E-state index contributed by atoms with van der Waals surface area (Å²) >= 11 is 0.